The second-order valence-corrected chi connectivity index (χ2v) is 2.55. The number of hydrogen-bond acceptors (Lipinski definition) is 5. The van der Waals surface area contributed by atoms with Crippen LogP contribution >= 0.6 is 0 Å². The Hall–Kier alpha value is -1.99. The number of nitrogen functional groups attached to an aromatic ring is 1. The molecule has 82 valence electrons. The van der Waals surface area contributed by atoms with E-state index in [-0.39, 0.29) is 0 Å². The van der Waals surface area contributed by atoms with Gasteiger partial charge in [0, 0.05) is 0 Å². The number of nitrogens with two attached hydrogens (primary N) is 1. The minimum absolute atomic E-state index is 0.401. The Labute approximate surface area is 82.8 Å². The summed E-state index contributed by atoms with van der Waals surface area (Å²) < 4.78 is 29.0. The lowest BCUT2D eigenvalue weighted by Crippen LogP contribution is -2.04. The summed E-state index contributed by atoms with van der Waals surface area (Å²) in [6, 6.07) is 0.755. The predicted octanol–water partition coefficient (Wildman–Crippen LogP) is 1.52. The first kappa shape index (κ1) is 11.1. The van der Waals surface area contributed by atoms with Crippen molar-refractivity contribution < 1.29 is 18.4 Å². The van der Waals surface area contributed by atoms with Gasteiger partial charge in [0.15, 0.2) is 0 Å². The first-order valence-corrected chi connectivity index (χ1v) is 3.74. The van der Waals surface area contributed by atoms with Crippen LogP contribution in [0.1, 0.15) is 12.1 Å². The molecular formula is C7H7F2N3O3. The van der Waals surface area contributed by atoms with Gasteiger partial charge in [0.05, 0.1) is 12.0 Å². The average molecular weight is 219 g/mol. The van der Waals surface area contributed by atoms with E-state index in [1.54, 1.807) is 0 Å². The van der Waals surface area contributed by atoms with Gasteiger partial charge in [-0.2, -0.15) is 0 Å². The Morgan fingerprint density at radius 2 is 2.27 bits per heavy atom. The lowest BCUT2D eigenvalue weighted by atomic mass is 10.3. The summed E-state index contributed by atoms with van der Waals surface area (Å²) in [5.41, 5.74) is 3.57. The molecule has 0 aliphatic carbocycles. The van der Waals surface area contributed by atoms with E-state index in [1.807, 2.05) is 0 Å². The van der Waals surface area contributed by atoms with Crippen LogP contribution in [0.25, 0.3) is 0 Å². The van der Waals surface area contributed by atoms with Crippen LogP contribution in [-0.2, 0) is 0 Å². The zero-order valence-electron chi connectivity index (χ0n) is 7.61. The summed E-state index contributed by atoms with van der Waals surface area (Å²) in [5.74, 6) is -0.518. The van der Waals surface area contributed by atoms with Gasteiger partial charge in [-0.15, -0.1) is 0 Å². The molecule has 1 rings (SSSR count). The molecule has 2 N–H and O–H groups in total. The standard InChI is InChI=1S/C7H7F2N3O3/c1-15-7-5(12(13)14)3(10)2-4(11-7)6(8)9/h2,6H,1H3,(H2,10,11). The minimum Gasteiger partial charge on any atom is -0.476 e. The molecule has 0 amide bonds. The molecule has 0 unspecified atom stereocenters. The Balaban J connectivity index is 3.37. The number of methoxy groups -OCH3 is 1. The van der Waals surface area contributed by atoms with Gasteiger partial charge in [0.1, 0.15) is 11.4 Å². The monoisotopic (exact) mass is 219 g/mol. The second-order valence-electron chi connectivity index (χ2n) is 2.55. The highest BCUT2D eigenvalue weighted by atomic mass is 19.3. The molecule has 0 atom stereocenters. The third-order valence-electron chi connectivity index (χ3n) is 1.61. The molecule has 1 aromatic rings. The fraction of sp³-hybridized carbons (Fsp3) is 0.286. The van der Waals surface area contributed by atoms with Crippen molar-refractivity contribution in [3.63, 3.8) is 0 Å². The highest BCUT2D eigenvalue weighted by Crippen LogP contribution is 2.33. The van der Waals surface area contributed by atoms with E-state index in [1.165, 1.54) is 0 Å². The van der Waals surface area contributed by atoms with Gasteiger partial charge >= 0.3 is 5.69 Å². The number of anilines is 1. The Morgan fingerprint density at radius 1 is 1.67 bits per heavy atom. The average Bonchev–Trinajstić information content (AvgIpc) is 2.15. The summed E-state index contributed by atoms with van der Waals surface area (Å²) in [6.45, 7) is 0. The second kappa shape index (κ2) is 4.03. The quantitative estimate of drug-likeness (QED) is 0.614. The van der Waals surface area contributed by atoms with E-state index < -0.39 is 34.3 Å². The van der Waals surface area contributed by atoms with Crippen LogP contribution in [0, 0.1) is 10.1 Å². The van der Waals surface area contributed by atoms with Crippen molar-refractivity contribution in [3.8, 4) is 5.88 Å². The van der Waals surface area contributed by atoms with Crippen LogP contribution in [0.2, 0.25) is 0 Å². The van der Waals surface area contributed by atoms with E-state index in [0.717, 1.165) is 13.2 Å². The maximum absolute atomic E-state index is 12.3. The summed E-state index contributed by atoms with van der Waals surface area (Å²) in [6.07, 6.45) is -2.86. The van der Waals surface area contributed by atoms with Gasteiger partial charge in [-0.05, 0) is 6.07 Å². The van der Waals surface area contributed by atoms with Crippen LogP contribution in [-0.4, -0.2) is 17.0 Å². The summed E-state index contributed by atoms with van der Waals surface area (Å²) in [7, 11) is 1.09. The molecule has 0 saturated carbocycles. The van der Waals surface area contributed by atoms with Crippen LogP contribution in [0.15, 0.2) is 6.07 Å². The third-order valence-corrected chi connectivity index (χ3v) is 1.61. The van der Waals surface area contributed by atoms with E-state index in [2.05, 4.69) is 9.72 Å². The van der Waals surface area contributed by atoms with Crippen molar-refractivity contribution in [2.75, 3.05) is 12.8 Å². The number of nitro groups is 1. The van der Waals surface area contributed by atoms with E-state index >= 15 is 0 Å². The van der Waals surface area contributed by atoms with E-state index in [4.69, 9.17) is 5.73 Å². The molecule has 0 bridgehead atoms. The van der Waals surface area contributed by atoms with Crippen molar-refractivity contribution in [2.24, 2.45) is 0 Å². The van der Waals surface area contributed by atoms with Crippen molar-refractivity contribution >= 4 is 11.4 Å². The molecule has 1 heterocycles. The topological polar surface area (TPSA) is 91.3 Å². The van der Waals surface area contributed by atoms with Crippen LogP contribution < -0.4 is 10.5 Å². The summed E-state index contributed by atoms with van der Waals surface area (Å²) in [4.78, 5) is 12.9. The van der Waals surface area contributed by atoms with Crippen molar-refractivity contribution in [1.29, 1.82) is 0 Å². The van der Waals surface area contributed by atoms with Gasteiger partial charge in [-0.3, -0.25) is 10.1 Å². The number of rotatable bonds is 3. The fourth-order valence-corrected chi connectivity index (χ4v) is 0.991. The molecule has 1 aromatic heterocycles. The number of nitrogens with zero attached hydrogens (tertiary/aromatic N) is 2. The number of alkyl halides is 2. The van der Waals surface area contributed by atoms with Gasteiger partial charge in [0.2, 0.25) is 0 Å². The molecule has 0 fully saturated rings. The first-order valence-electron chi connectivity index (χ1n) is 3.74. The number of hydrogen-bond donors (Lipinski definition) is 1. The van der Waals surface area contributed by atoms with E-state index in [9.17, 15) is 18.9 Å². The number of halogens is 2. The SMILES string of the molecule is COc1nc(C(F)F)cc(N)c1[N+](=O)[O-]. The Bertz CT molecular complexity index is 397. The molecule has 6 nitrogen and oxygen atoms in total. The van der Waals surface area contributed by atoms with Crippen molar-refractivity contribution in [1.82, 2.24) is 4.98 Å². The number of aromatic nitrogens is 1. The fourth-order valence-electron chi connectivity index (χ4n) is 0.991. The molecule has 0 radical (unpaired) electrons. The molecule has 0 saturated heterocycles. The minimum atomic E-state index is -2.86. The van der Waals surface area contributed by atoms with Crippen molar-refractivity contribution in [2.45, 2.75) is 6.43 Å². The maximum Gasteiger partial charge on any atom is 0.353 e. The van der Waals surface area contributed by atoms with Crippen LogP contribution in [0.5, 0.6) is 5.88 Å². The molecule has 0 aliphatic heterocycles. The lowest BCUT2D eigenvalue weighted by molar-refractivity contribution is -0.385. The number of pyridine rings is 1. The predicted molar refractivity (Wildman–Crippen MR) is 46.8 cm³/mol. The van der Waals surface area contributed by atoms with Crippen LogP contribution in [0.3, 0.4) is 0 Å². The molecule has 15 heavy (non-hydrogen) atoms. The Kier molecular flexibility index (Phi) is 2.98. The zero-order valence-corrected chi connectivity index (χ0v) is 7.61. The normalized spacial score (nSPS) is 10.4. The highest BCUT2D eigenvalue weighted by molar-refractivity contribution is 5.64. The molecule has 0 aromatic carbocycles. The highest BCUT2D eigenvalue weighted by Gasteiger charge is 2.24. The van der Waals surface area contributed by atoms with Crippen molar-refractivity contribution in [3.05, 3.63) is 21.9 Å². The molecule has 8 heteroatoms. The maximum atomic E-state index is 12.3. The van der Waals surface area contributed by atoms with Gasteiger partial charge < -0.3 is 10.5 Å². The summed E-state index contributed by atoms with van der Waals surface area (Å²) >= 11 is 0. The molecule has 0 spiro atoms. The Morgan fingerprint density at radius 3 is 2.67 bits per heavy atom. The number of ether oxygens (including phenoxy) is 1. The lowest BCUT2D eigenvalue weighted by Gasteiger charge is -2.05. The van der Waals surface area contributed by atoms with E-state index in [0.29, 0.717) is 0 Å². The van der Waals surface area contributed by atoms with Gasteiger partial charge in [-0.25, -0.2) is 13.8 Å². The first-order chi connectivity index (χ1) is 6.97. The molecular weight excluding hydrogens is 212 g/mol. The van der Waals surface area contributed by atoms with Gasteiger partial charge in [-0.1, -0.05) is 0 Å². The summed E-state index contributed by atoms with van der Waals surface area (Å²) in [5, 5.41) is 10.5. The largest absolute Gasteiger partial charge is 0.476 e. The van der Waals surface area contributed by atoms with Crippen LogP contribution in [0.4, 0.5) is 20.2 Å². The van der Waals surface area contributed by atoms with Gasteiger partial charge in [0.25, 0.3) is 12.3 Å². The zero-order chi connectivity index (χ0) is 11.6. The molecule has 0 aliphatic rings. The smallest absolute Gasteiger partial charge is 0.353 e. The third kappa shape index (κ3) is 2.09.